The molecule has 0 spiro atoms. The van der Waals surface area contributed by atoms with Crippen molar-refractivity contribution in [3.8, 4) is 0 Å². The fourth-order valence-corrected chi connectivity index (χ4v) is 3.79. The Hall–Kier alpha value is -2.52. The number of nitrogens with one attached hydrogen (secondary N) is 1. The Morgan fingerprint density at radius 3 is 2.61 bits per heavy atom. The zero-order valence-electron chi connectivity index (χ0n) is 17.1. The third-order valence-electron chi connectivity index (χ3n) is 4.87. The molecule has 3 atom stereocenters. The van der Waals surface area contributed by atoms with Crippen LogP contribution < -0.4 is 5.32 Å². The SMILES string of the molecule is CC(C)C[C@H](NC(=O)C(Br)c1ccc(F)c(C=O)c1)B1OC(=O)[C@H](c2ccccc2)O1. The van der Waals surface area contributed by atoms with E-state index in [4.69, 9.17) is 9.31 Å². The van der Waals surface area contributed by atoms with Gasteiger partial charge in [0.1, 0.15) is 10.6 Å². The van der Waals surface area contributed by atoms with Crippen LogP contribution in [0.15, 0.2) is 48.5 Å². The zero-order valence-corrected chi connectivity index (χ0v) is 18.7. The van der Waals surface area contributed by atoms with E-state index in [0.29, 0.717) is 23.8 Å². The van der Waals surface area contributed by atoms with Gasteiger partial charge in [-0.1, -0.05) is 66.2 Å². The number of hydrogen-bond acceptors (Lipinski definition) is 5. The van der Waals surface area contributed by atoms with Gasteiger partial charge in [0, 0.05) is 0 Å². The van der Waals surface area contributed by atoms with Crippen molar-refractivity contribution >= 4 is 41.2 Å². The number of aldehydes is 1. The first-order chi connectivity index (χ1) is 14.8. The summed E-state index contributed by atoms with van der Waals surface area (Å²) in [6, 6.07) is 12.9. The van der Waals surface area contributed by atoms with Crippen molar-refractivity contribution in [2.45, 2.75) is 37.1 Å². The lowest BCUT2D eigenvalue weighted by Gasteiger charge is -2.23. The molecule has 1 aliphatic rings. The highest BCUT2D eigenvalue weighted by molar-refractivity contribution is 9.09. The molecule has 1 N–H and O–H groups in total. The van der Waals surface area contributed by atoms with Gasteiger partial charge in [0.25, 0.3) is 0 Å². The maximum atomic E-state index is 13.6. The van der Waals surface area contributed by atoms with E-state index < -0.39 is 41.7 Å². The van der Waals surface area contributed by atoms with E-state index >= 15 is 0 Å². The van der Waals surface area contributed by atoms with Crippen LogP contribution in [0.25, 0.3) is 0 Å². The minimum Gasteiger partial charge on any atom is -0.506 e. The molecule has 3 rings (SSSR count). The summed E-state index contributed by atoms with van der Waals surface area (Å²) in [5.74, 6) is -1.99. The van der Waals surface area contributed by atoms with Crippen LogP contribution >= 0.6 is 15.9 Å². The second kappa shape index (κ2) is 10.2. The highest BCUT2D eigenvalue weighted by Crippen LogP contribution is 2.30. The first-order valence-electron chi connectivity index (χ1n) is 9.90. The van der Waals surface area contributed by atoms with E-state index in [-0.39, 0.29) is 11.5 Å². The quantitative estimate of drug-likeness (QED) is 0.345. The van der Waals surface area contributed by atoms with E-state index in [2.05, 4.69) is 21.2 Å². The van der Waals surface area contributed by atoms with Crippen LogP contribution in [0.4, 0.5) is 4.39 Å². The molecule has 0 aliphatic carbocycles. The summed E-state index contributed by atoms with van der Waals surface area (Å²) in [6.45, 7) is 3.96. The van der Waals surface area contributed by atoms with Gasteiger partial charge in [-0.25, -0.2) is 4.39 Å². The summed E-state index contributed by atoms with van der Waals surface area (Å²) in [5.41, 5.74) is 0.971. The normalized spacial score (nSPS) is 17.9. The zero-order chi connectivity index (χ0) is 22.5. The van der Waals surface area contributed by atoms with Gasteiger partial charge in [0.2, 0.25) is 5.91 Å². The minimum absolute atomic E-state index is 0.132. The molecule has 6 nitrogen and oxygen atoms in total. The van der Waals surface area contributed by atoms with Crippen LogP contribution in [-0.2, 0) is 18.9 Å². The van der Waals surface area contributed by atoms with Crippen LogP contribution in [0.3, 0.4) is 0 Å². The molecule has 2 aromatic rings. The van der Waals surface area contributed by atoms with Gasteiger partial charge < -0.3 is 14.6 Å². The smallest absolute Gasteiger partial charge is 0.506 e. The van der Waals surface area contributed by atoms with Crippen molar-refractivity contribution in [2.75, 3.05) is 0 Å². The molecule has 1 amide bonds. The van der Waals surface area contributed by atoms with E-state index in [0.717, 1.165) is 6.07 Å². The van der Waals surface area contributed by atoms with Gasteiger partial charge in [-0.2, -0.15) is 0 Å². The maximum absolute atomic E-state index is 13.6. The van der Waals surface area contributed by atoms with Crippen molar-refractivity contribution in [1.82, 2.24) is 5.32 Å². The molecular formula is C22H22BBrFNO5. The number of alkyl halides is 1. The van der Waals surface area contributed by atoms with Gasteiger partial charge in [0.05, 0.1) is 11.5 Å². The Morgan fingerprint density at radius 1 is 1.26 bits per heavy atom. The largest absolute Gasteiger partial charge is 0.552 e. The van der Waals surface area contributed by atoms with Gasteiger partial charge in [0.15, 0.2) is 12.4 Å². The minimum atomic E-state index is -0.942. The summed E-state index contributed by atoms with van der Waals surface area (Å²) in [5, 5.41) is 2.86. The molecule has 1 heterocycles. The predicted octanol–water partition coefficient (Wildman–Crippen LogP) is 3.95. The summed E-state index contributed by atoms with van der Waals surface area (Å²) in [4.78, 5) is 35.4. The van der Waals surface area contributed by atoms with E-state index in [1.165, 1.54) is 12.1 Å². The van der Waals surface area contributed by atoms with Crippen LogP contribution in [-0.4, -0.2) is 31.2 Å². The molecule has 0 saturated carbocycles. The van der Waals surface area contributed by atoms with Gasteiger partial charge in [-0.15, -0.1) is 0 Å². The summed E-state index contributed by atoms with van der Waals surface area (Å²) in [7, 11) is -0.942. The lowest BCUT2D eigenvalue weighted by molar-refractivity contribution is -0.136. The van der Waals surface area contributed by atoms with E-state index in [1.807, 2.05) is 19.9 Å². The highest BCUT2D eigenvalue weighted by atomic mass is 79.9. The molecule has 2 aromatic carbocycles. The maximum Gasteiger partial charge on any atom is 0.552 e. The number of rotatable bonds is 8. The first-order valence-corrected chi connectivity index (χ1v) is 10.8. The number of benzene rings is 2. The van der Waals surface area contributed by atoms with Crippen LogP contribution in [0, 0.1) is 11.7 Å². The van der Waals surface area contributed by atoms with E-state index in [9.17, 15) is 18.8 Å². The third-order valence-corrected chi connectivity index (χ3v) is 5.81. The summed E-state index contributed by atoms with van der Waals surface area (Å²) < 4.78 is 24.9. The average molecular weight is 490 g/mol. The molecule has 1 unspecified atom stereocenters. The molecule has 162 valence electrons. The lowest BCUT2D eigenvalue weighted by Crippen LogP contribution is -2.49. The molecule has 1 fully saturated rings. The molecular weight excluding hydrogens is 468 g/mol. The number of hydrogen-bond donors (Lipinski definition) is 1. The Bertz CT molecular complexity index is 958. The van der Waals surface area contributed by atoms with Crippen molar-refractivity contribution in [3.05, 3.63) is 71.0 Å². The number of amides is 1. The van der Waals surface area contributed by atoms with Crippen LogP contribution in [0.2, 0.25) is 0 Å². The fourth-order valence-electron chi connectivity index (χ4n) is 3.38. The number of carbonyl (C=O) groups excluding carboxylic acids is 3. The first kappa shape index (κ1) is 23.2. The molecule has 9 heteroatoms. The topological polar surface area (TPSA) is 81.7 Å². The van der Waals surface area contributed by atoms with Crippen LogP contribution in [0.1, 0.15) is 52.7 Å². The number of halogens is 2. The predicted molar refractivity (Wildman–Crippen MR) is 117 cm³/mol. The van der Waals surface area contributed by atoms with Crippen molar-refractivity contribution in [1.29, 1.82) is 0 Å². The summed E-state index contributed by atoms with van der Waals surface area (Å²) in [6.07, 6.45) is 0.0476. The Labute approximate surface area is 188 Å². The Morgan fingerprint density at radius 2 is 1.97 bits per heavy atom. The van der Waals surface area contributed by atoms with E-state index in [1.54, 1.807) is 24.3 Å². The second-order valence-electron chi connectivity index (χ2n) is 7.74. The molecule has 31 heavy (non-hydrogen) atoms. The van der Waals surface area contributed by atoms with Gasteiger partial charge in [-0.3, -0.25) is 14.4 Å². The molecule has 0 radical (unpaired) electrons. The average Bonchev–Trinajstić information content (AvgIpc) is 3.15. The Balaban J connectivity index is 1.74. The standard InChI is InChI=1S/C22H22BBrFNO5/c1-13(2)10-18(23-30-20(22(29)31-23)14-6-4-3-5-7-14)26-21(28)19(24)15-8-9-17(25)16(11-15)12-27/h3-9,11-13,18-20H,10H2,1-2H3,(H,26,28)/t18-,19?,20-/m0/s1. The van der Waals surface area contributed by atoms with Crippen molar-refractivity contribution in [3.63, 3.8) is 0 Å². The van der Waals surface area contributed by atoms with Crippen LogP contribution in [0.5, 0.6) is 0 Å². The van der Waals surface area contributed by atoms with Gasteiger partial charge in [-0.05, 0) is 35.6 Å². The molecule has 0 aromatic heterocycles. The highest BCUT2D eigenvalue weighted by Gasteiger charge is 2.47. The molecule has 1 aliphatic heterocycles. The third kappa shape index (κ3) is 5.59. The molecule has 1 saturated heterocycles. The lowest BCUT2D eigenvalue weighted by atomic mass is 9.74. The monoisotopic (exact) mass is 489 g/mol. The number of carbonyl (C=O) groups is 3. The Kier molecular flexibility index (Phi) is 7.62. The van der Waals surface area contributed by atoms with Crippen molar-refractivity contribution in [2.24, 2.45) is 5.92 Å². The fraction of sp³-hybridized carbons (Fsp3) is 0.318. The van der Waals surface area contributed by atoms with Gasteiger partial charge >= 0.3 is 13.1 Å². The second-order valence-corrected chi connectivity index (χ2v) is 8.65. The molecule has 0 bridgehead atoms. The summed E-state index contributed by atoms with van der Waals surface area (Å²) >= 11 is 3.30. The van der Waals surface area contributed by atoms with Crippen molar-refractivity contribution < 1.29 is 28.1 Å².